The number of anilines is 2. The van der Waals surface area contributed by atoms with Crippen LogP contribution in [0.5, 0.6) is 5.75 Å². The fraction of sp³-hybridized carbons (Fsp3) is 0.600. The van der Waals surface area contributed by atoms with Gasteiger partial charge in [0.15, 0.2) is 0 Å². The zero-order valence-electron chi connectivity index (χ0n) is 15.9. The minimum absolute atomic E-state index is 0.0104. The van der Waals surface area contributed by atoms with Gasteiger partial charge >= 0.3 is 0 Å². The van der Waals surface area contributed by atoms with Crippen LogP contribution in [0.1, 0.15) is 44.9 Å². The van der Waals surface area contributed by atoms with Gasteiger partial charge < -0.3 is 25.8 Å². The largest absolute Gasteiger partial charge is 0.495 e. The Bertz CT molecular complexity index is 680. The van der Waals surface area contributed by atoms with E-state index in [1.165, 1.54) is 6.42 Å². The molecule has 1 aromatic carbocycles. The van der Waals surface area contributed by atoms with Crippen LogP contribution in [0.4, 0.5) is 11.4 Å². The van der Waals surface area contributed by atoms with Gasteiger partial charge in [0.05, 0.1) is 12.8 Å². The van der Waals surface area contributed by atoms with E-state index >= 15 is 0 Å². The number of methoxy groups -OCH3 is 1. The summed E-state index contributed by atoms with van der Waals surface area (Å²) < 4.78 is 10.7. The van der Waals surface area contributed by atoms with Crippen molar-refractivity contribution >= 4 is 23.2 Å². The summed E-state index contributed by atoms with van der Waals surface area (Å²) in [4.78, 5) is 25.2. The van der Waals surface area contributed by atoms with E-state index in [0.29, 0.717) is 43.2 Å². The molecule has 27 heavy (non-hydrogen) atoms. The summed E-state index contributed by atoms with van der Waals surface area (Å²) in [6.45, 7) is 0.963. The van der Waals surface area contributed by atoms with Gasteiger partial charge in [-0.25, -0.2) is 0 Å². The number of benzene rings is 1. The molecular formula is C20H29N3O4. The SMILES string of the molecule is COc1ccc(NC(=O)C2(N)CCOCC2)cc1NC(=O)C1CCCCC1. The maximum atomic E-state index is 12.6. The first kappa shape index (κ1) is 19.6. The molecule has 0 spiro atoms. The molecule has 1 aromatic rings. The van der Waals surface area contributed by atoms with Gasteiger partial charge in [-0.3, -0.25) is 9.59 Å². The number of nitrogens with one attached hydrogen (secondary N) is 2. The summed E-state index contributed by atoms with van der Waals surface area (Å²) in [6, 6.07) is 5.20. The van der Waals surface area contributed by atoms with Gasteiger partial charge in [-0.05, 0) is 43.9 Å². The molecule has 1 aliphatic heterocycles. The molecule has 4 N–H and O–H groups in total. The van der Waals surface area contributed by atoms with Gasteiger partial charge in [0.1, 0.15) is 11.3 Å². The molecule has 7 heteroatoms. The lowest BCUT2D eigenvalue weighted by molar-refractivity contribution is -0.124. The highest BCUT2D eigenvalue weighted by molar-refractivity contribution is 6.00. The van der Waals surface area contributed by atoms with Crippen LogP contribution in [0.25, 0.3) is 0 Å². The Labute approximate surface area is 160 Å². The van der Waals surface area contributed by atoms with Crippen molar-refractivity contribution in [3.8, 4) is 5.75 Å². The molecule has 0 bridgehead atoms. The van der Waals surface area contributed by atoms with Crippen LogP contribution in [0.15, 0.2) is 18.2 Å². The minimum atomic E-state index is -0.927. The first-order chi connectivity index (χ1) is 13.0. The lowest BCUT2D eigenvalue weighted by Crippen LogP contribution is -2.54. The van der Waals surface area contributed by atoms with Gasteiger partial charge in [0, 0.05) is 24.8 Å². The van der Waals surface area contributed by atoms with E-state index < -0.39 is 5.54 Å². The second-order valence-electron chi connectivity index (χ2n) is 7.46. The van der Waals surface area contributed by atoms with E-state index in [1.54, 1.807) is 25.3 Å². The maximum absolute atomic E-state index is 12.6. The highest BCUT2D eigenvalue weighted by Gasteiger charge is 2.36. The van der Waals surface area contributed by atoms with E-state index in [4.69, 9.17) is 15.2 Å². The Morgan fingerprint density at radius 3 is 2.52 bits per heavy atom. The third-order valence-electron chi connectivity index (χ3n) is 5.53. The average molecular weight is 375 g/mol. The summed E-state index contributed by atoms with van der Waals surface area (Å²) in [5.74, 6) is 0.374. The summed E-state index contributed by atoms with van der Waals surface area (Å²) >= 11 is 0. The van der Waals surface area contributed by atoms with Crippen LogP contribution >= 0.6 is 0 Å². The lowest BCUT2D eigenvalue weighted by Gasteiger charge is -2.31. The Kier molecular flexibility index (Phi) is 6.34. The smallest absolute Gasteiger partial charge is 0.244 e. The molecular weight excluding hydrogens is 346 g/mol. The zero-order chi connectivity index (χ0) is 19.3. The molecule has 1 heterocycles. The molecule has 3 rings (SSSR count). The molecule has 0 unspecified atom stereocenters. The number of nitrogens with two attached hydrogens (primary N) is 1. The third kappa shape index (κ3) is 4.78. The standard InChI is InChI=1S/C20H29N3O4/c1-26-17-8-7-15(22-19(25)20(21)9-11-27-12-10-20)13-16(17)23-18(24)14-5-3-2-4-6-14/h7-8,13-14H,2-6,9-12,21H2,1H3,(H,22,25)(H,23,24). The number of amides is 2. The molecule has 0 radical (unpaired) electrons. The highest BCUT2D eigenvalue weighted by atomic mass is 16.5. The highest BCUT2D eigenvalue weighted by Crippen LogP contribution is 2.31. The van der Waals surface area contributed by atoms with Crippen LogP contribution < -0.4 is 21.1 Å². The van der Waals surface area contributed by atoms with Crippen molar-refractivity contribution in [3.63, 3.8) is 0 Å². The van der Waals surface area contributed by atoms with E-state index in [0.717, 1.165) is 25.7 Å². The number of hydrogen-bond donors (Lipinski definition) is 3. The molecule has 1 saturated heterocycles. The van der Waals surface area contributed by atoms with Crippen LogP contribution in [0.3, 0.4) is 0 Å². The monoisotopic (exact) mass is 375 g/mol. The van der Waals surface area contributed by atoms with Gasteiger partial charge in [-0.2, -0.15) is 0 Å². The fourth-order valence-corrected chi connectivity index (χ4v) is 3.70. The average Bonchev–Trinajstić information content (AvgIpc) is 2.69. The quantitative estimate of drug-likeness (QED) is 0.734. The van der Waals surface area contributed by atoms with Gasteiger partial charge in [-0.15, -0.1) is 0 Å². The Hall–Kier alpha value is -2.12. The van der Waals surface area contributed by atoms with Crippen molar-refractivity contribution in [3.05, 3.63) is 18.2 Å². The van der Waals surface area contributed by atoms with Crippen molar-refractivity contribution in [1.29, 1.82) is 0 Å². The van der Waals surface area contributed by atoms with Crippen molar-refractivity contribution < 1.29 is 19.1 Å². The number of carbonyl (C=O) groups is 2. The van der Waals surface area contributed by atoms with Crippen molar-refractivity contribution in [2.45, 2.75) is 50.5 Å². The maximum Gasteiger partial charge on any atom is 0.244 e. The molecule has 2 aliphatic rings. The first-order valence-electron chi connectivity index (χ1n) is 9.69. The van der Waals surface area contributed by atoms with Crippen LogP contribution in [-0.4, -0.2) is 37.7 Å². The number of carbonyl (C=O) groups excluding carboxylic acids is 2. The molecule has 7 nitrogen and oxygen atoms in total. The Balaban J connectivity index is 1.70. The Morgan fingerprint density at radius 1 is 1.15 bits per heavy atom. The minimum Gasteiger partial charge on any atom is -0.495 e. The van der Waals surface area contributed by atoms with Gasteiger partial charge in [0.2, 0.25) is 11.8 Å². The van der Waals surface area contributed by atoms with E-state index in [9.17, 15) is 9.59 Å². The van der Waals surface area contributed by atoms with Crippen molar-refractivity contribution in [2.75, 3.05) is 31.0 Å². The van der Waals surface area contributed by atoms with Crippen LogP contribution in [0.2, 0.25) is 0 Å². The van der Waals surface area contributed by atoms with Crippen LogP contribution in [-0.2, 0) is 14.3 Å². The molecule has 2 fully saturated rings. The fourth-order valence-electron chi connectivity index (χ4n) is 3.70. The first-order valence-corrected chi connectivity index (χ1v) is 9.69. The van der Waals surface area contributed by atoms with Crippen LogP contribution in [0, 0.1) is 5.92 Å². The summed E-state index contributed by atoms with van der Waals surface area (Å²) in [6.07, 6.45) is 6.19. The second-order valence-corrected chi connectivity index (χ2v) is 7.46. The van der Waals surface area contributed by atoms with E-state index in [2.05, 4.69) is 10.6 Å². The number of hydrogen-bond acceptors (Lipinski definition) is 5. The predicted molar refractivity (Wildman–Crippen MR) is 104 cm³/mol. The van der Waals surface area contributed by atoms with Gasteiger partial charge in [-0.1, -0.05) is 19.3 Å². The Morgan fingerprint density at radius 2 is 1.85 bits per heavy atom. The molecule has 1 saturated carbocycles. The normalized spacial score (nSPS) is 19.9. The lowest BCUT2D eigenvalue weighted by atomic mass is 9.88. The van der Waals surface area contributed by atoms with E-state index in [1.807, 2.05) is 0 Å². The number of ether oxygens (including phenoxy) is 2. The number of rotatable bonds is 5. The van der Waals surface area contributed by atoms with Crippen molar-refractivity contribution in [1.82, 2.24) is 0 Å². The molecule has 148 valence electrons. The molecule has 1 aliphatic carbocycles. The zero-order valence-corrected chi connectivity index (χ0v) is 15.9. The molecule has 2 amide bonds. The molecule has 0 atom stereocenters. The second kappa shape index (κ2) is 8.71. The summed E-state index contributed by atoms with van der Waals surface area (Å²) in [7, 11) is 1.56. The summed E-state index contributed by atoms with van der Waals surface area (Å²) in [5, 5.41) is 5.84. The van der Waals surface area contributed by atoms with Crippen molar-refractivity contribution in [2.24, 2.45) is 11.7 Å². The van der Waals surface area contributed by atoms with E-state index in [-0.39, 0.29) is 17.7 Å². The predicted octanol–water partition coefficient (Wildman–Crippen LogP) is 2.66. The topological polar surface area (TPSA) is 103 Å². The summed E-state index contributed by atoms with van der Waals surface area (Å²) in [5.41, 5.74) is 6.45. The third-order valence-corrected chi connectivity index (χ3v) is 5.53. The molecule has 0 aromatic heterocycles. The van der Waals surface area contributed by atoms with Gasteiger partial charge in [0.25, 0.3) is 0 Å².